The molecule has 0 saturated heterocycles. The minimum absolute atomic E-state index is 0. The van der Waals surface area contributed by atoms with Crippen LogP contribution in [0.2, 0.25) is 0 Å². The second kappa shape index (κ2) is 87.8. The zero-order valence-corrected chi connectivity index (χ0v) is 5.89. The van der Waals surface area contributed by atoms with Crippen LogP contribution >= 0.6 is 0 Å². The van der Waals surface area contributed by atoms with Crippen molar-refractivity contribution >= 4 is 0 Å². The summed E-state index contributed by atoms with van der Waals surface area (Å²) in [5, 5.41) is 0. The fourth-order valence-corrected chi connectivity index (χ4v) is 0. The first-order valence-electron chi connectivity index (χ1n) is 0. The van der Waals surface area contributed by atoms with Gasteiger partial charge in [0, 0.05) is 31.1 Å². The summed E-state index contributed by atoms with van der Waals surface area (Å²) in [6.07, 6.45) is 0. The molecule has 0 heterocycles. The van der Waals surface area contributed by atoms with Crippen LogP contribution in [-0.4, -0.2) is 0 Å². The van der Waals surface area contributed by atoms with Gasteiger partial charge in [0.2, 0.25) is 0 Å². The molecule has 3 nitrogen and oxygen atoms in total. The molecule has 0 radical (unpaired) electrons. The summed E-state index contributed by atoms with van der Waals surface area (Å²) in [6, 6.07) is 0. The summed E-state index contributed by atoms with van der Waals surface area (Å²) in [5.41, 5.74) is 0. The zero-order chi connectivity index (χ0) is 0. The topological polar surface area (TPSA) is 85.5 Å². The van der Waals surface area contributed by atoms with E-state index in [4.69, 9.17) is 0 Å². The summed E-state index contributed by atoms with van der Waals surface area (Å²) >= 11 is 0. The van der Waals surface area contributed by atoms with Crippen LogP contribution in [0.4, 0.5) is 0 Å². The third-order valence-electron chi connectivity index (χ3n) is 0. The van der Waals surface area contributed by atoms with Crippen LogP contribution < -0.4 is 0 Å². The molecule has 0 saturated carbocycles. The average Bonchev–Trinajstić information content (AvgIpc) is 0. The second-order valence-electron chi connectivity index (χ2n) is 0. The van der Waals surface area contributed by atoms with Gasteiger partial charge in [-0.2, -0.15) is 0 Å². The standard InChI is InChI=1S/CH4.3O.U/h1H4;;;;/q;3*-2;. The summed E-state index contributed by atoms with van der Waals surface area (Å²) in [6.45, 7) is 0. The summed E-state index contributed by atoms with van der Waals surface area (Å²) in [5.74, 6) is 0. The molecule has 36 valence electrons. The van der Waals surface area contributed by atoms with E-state index in [9.17, 15) is 0 Å². The molecule has 0 aromatic carbocycles. The molecule has 0 spiro atoms. The van der Waals surface area contributed by atoms with E-state index in [1.54, 1.807) is 0 Å². The van der Waals surface area contributed by atoms with Gasteiger partial charge in [0.05, 0.1) is 0 Å². The monoisotopic (exact) mass is 302 g/mol. The minimum Gasteiger partial charge on any atom is -2.00 e. The van der Waals surface area contributed by atoms with Gasteiger partial charge in [0.25, 0.3) is 0 Å². The second-order valence-corrected chi connectivity index (χ2v) is 0. The van der Waals surface area contributed by atoms with Crippen molar-refractivity contribution in [2.24, 2.45) is 0 Å². The van der Waals surface area contributed by atoms with Crippen molar-refractivity contribution in [2.75, 3.05) is 0 Å². The molecule has 0 amide bonds. The van der Waals surface area contributed by atoms with E-state index in [2.05, 4.69) is 0 Å². The van der Waals surface area contributed by atoms with Gasteiger partial charge in [-0.15, -0.1) is 0 Å². The van der Waals surface area contributed by atoms with Crippen molar-refractivity contribution < 1.29 is 47.5 Å². The third-order valence-corrected chi connectivity index (χ3v) is 0. The summed E-state index contributed by atoms with van der Waals surface area (Å²) in [7, 11) is 0. The van der Waals surface area contributed by atoms with Crippen molar-refractivity contribution in [1.29, 1.82) is 0 Å². The largest absolute Gasteiger partial charge is 2.00 e. The number of hydrogen-bond acceptors (Lipinski definition) is 0. The third kappa shape index (κ3) is 48.8. The first kappa shape index (κ1) is 166. The number of rotatable bonds is 0. The Balaban J connectivity index is 0. The van der Waals surface area contributed by atoms with Gasteiger partial charge in [-0.25, -0.2) is 0 Å². The Hall–Kier alpha value is 0.932. The van der Waals surface area contributed by atoms with Crippen LogP contribution in [-0.2, 0) is 16.4 Å². The van der Waals surface area contributed by atoms with Crippen molar-refractivity contribution in [3.05, 3.63) is 0 Å². The maximum absolute atomic E-state index is 0. The van der Waals surface area contributed by atoms with Crippen LogP contribution in [0.5, 0.6) is 0 Å². The van der Waals surface area contributed by atoms with Crippen molar-refractivity contribution in [1.82, 2.24) is 0 Å². The van der Waals surface area contributed by atoms with E-state index in [1.165, 1.54) is 0 Å². The smallest absolute Gasteiger partial charge is 0 e. The predicted molar refractivity (Wildman–Crippen MR) is 8.79 cm³/mol. The maximum atomic E-state index is 0. The molecular weight excluding hydrogens is 298 g/mol. The molecular formula is CH4O3U-6. The van der Waals surface area contributed by atoms with Gasteiger partial charge in [0.15, 0.2) is 0 Å². The van der Waals surface area contributed by atoms with Crippen LogP contribution in [0.25, 0.3) is 0 Å². The molecule has 0 N–H and O–H groups in total. The van der Waals surface area contributed by atoms with Gasteiger partial charge in [-0.05, 0) is 0 Å². The zero-order valence-electron chi connectivity index (χ0n) is 1.72. The van der Waals surface area contributed by atoms with Crippen molar-refractivity contribution in [3.63, 3.8) is 0 Å². The van der Waals surface area contributed by atoms with Crippen LogP contribution in [0.3, 0.4) is 0 Å². The molecule has 0 aliphatic rings. The van der Waals surface area contributed by atoms with E-state index in [-0.39, 0.29) is 55.0 Å². The molecule has 0 aromatic rings. The summed E-state index contributed by atoms with van der Waals surface area (Å²) < 4.78 is 0. The van der Waals surface area contributed by atoms with E-state index in [0.29, 0.717) is 0 Å². The molecule has 4 heteroatoms. The van der Waals surface area contributed by atoms with Crippen LogP contribution in [0.1, 0.15) is 7.43 Å². The molecule has 0 aromatic heterocycles. The Morgan fingerprint density at radius 2 is 0.600 bits per heavy atom. The molecule has 0 bridgehead atoms. The minimum atomic E-state index is 0. The molecule has 0 atom stereocenters. The Kier molecular flexibility index (Phi) is 2920. The molecule has 0 rings (SSSR count). The molecule has 0 unspecified atom stereocenters. The molecule has 0 fully saturated rings. The average molecular weight is 302 g/mol. The van der Waals surface area contributed by atoms with E-state index in [1.807, 2.05) is 0 Å². The molecule has 0 aliphatic heterocycles. The molecule has 0 aliphatic carbocycles. The summed E-state index contributed by atoms with van der Waals surface area (Å²) in [4.78, 5) is 0. The van der Waals surface area contributed by atoms with Crippen LogP contribution in [0, 0.1) is 31.1 Å². The van der Waals surface area contributed by atoms with Crippen molar-refractivity contribution in [3.8, 4) is 0 Å². The van der Waals surface area contributed by atoms with E-state index >= 15 is 0 Å². The number of hydrogen-bond donors (Lipinski definition) is 0. The van der Waals surface area contributed by atoms with Crippen LogP contribution in [0.15, 0.2) is 0 Å². The Morgan fingerprint density at radius 1 is 0.600 bits per heavy atom. The Labute approximate surface area is 55.1 Å². The van der Waals surface area contributed by atoms with Gasteiger partial charge in [0.1, 0.15) is 0 Å². The fourth-order valence-electron chi connectivity index (χ4n) is 0. The van der Waals surface area contributed by atoms with Gasteiger partial charge >= 0.3 is 0 Å². The van der Waals surface area contributed by atoms with E-state index in [0.717, 1.165) is 0 Å². The normalized spacial score (nSPS) is 0. The van der Waals surface area contributed by atoms with Gasteiger partial charge in [-0.3, -0.25) is 0 Å². The maximum Gasteiger partial charge on any atom is 0 e. The van der Waals surface area contributed by atoms with Crippen molar-refractivity contribution in [2.45, 2.75) is 7.43 Å². The first-order valence-corrected chi connectivity index (χ1v) is 0. The van der Waals surface area contributed by atoms with Gasteiger partial charge < -0.3 is 16.4 Å². The Bertz CT molecular complexity index is 6.85. The van der Waals surface area contributed by atoms with Gasteiger partial charge in [-0.1, -0.05) is 7.43 Å². The quantitative estimate of drug-likeness (QED) is 0.615. The van der Waals surface area contributed by atoms with E-state index < -0.39 is 0 Å². The molecule has 5 heavy (non-hydrogen) atoms. The SMILES string of the molecule is C.[O-2].[O-2].[O-2].[U]. The Morgan fingerprint density at radius 3 is 0.600 bits per heavy atom. The first-order chi connectivity index (χ1) is 0. The fraction of sp³-hybridized carbons (Fsp3) is 1.00. The predicted octanol–water partition coefficient (Wildman–Crippen LogP) is 0.280.